The van der Waals surface area contributed by atoms with Gasteiger partial charge in [-0.2, -0.15) is 0 Å². The molecule has 0 amide bonds. The number of benzene rings is 3. The van der Waals surface area contributed by atoms with Gasteiger partial charge in [0.1, 0.15) is 6.67 Å². The predicted octanol–water partition coefficient (Wildman–Crippen LogP) is 7.03. The minimum absolute atomic E-state index is 0.0668. The molecule has 5 aromatic rings. The minimum Gasteiger partial charge on any atom is -0.343 e. The molecular formula is C29H23BrN4OS. The Morgan fingerprint density at radius 3 is 2.14 bits per heavy atom. The molecule has 0 spiro atoms. The zero-order valence-corrected chi connectivity index (χ0v) is 22.3. The van der Waals surface area contributed by atoms with Gasteiger partial charge in [-0.15, -0.1) is 0 Å². The Labute approximate surface area is 222 Å². The third kappa shape index (κ3) is 4.22. The maximum Gasteiger partial charge on any atom is 0.265 e. The normalized spacial score (nSPS) is 13.1. The highest BCUT2D eigenvalue weighted by Crippen LogP contribution is 2.33. The molecular weight excluding hydrogens is 532 g/mol. The lowest BCUT2D eigenvalue weighted by Gasteiger charge is -2.30. The lowest BCUT2D eigenvalue weighted by molar-refractivity contribution is 0.568. The quantitative estimate of drug-likeness (QED) is 0.224. The highest BCUT2D eigenvalue weighted by atomic mass is 79.9. The van der Waals surface area contributed by atoms with Crippen LogP contribution in [-0.2, 0) is 6.67 Å². The Morgan fingerprint density at radius 1 is 0.833 bits per heavy atom. The first-order valence-corrected chi connectivity index (χ1v) is 13.5. The van der Waals surface area contributed by atoms with E-state index in [0.29, 0.717) is 28.7 Å². The van der Waals surface area contributed by atoms with Gasteiger partial charge in [0, 0.05) is 21.3 Å². The van der Waals surface area contributed by atoms with E-state index in [4.69, 9.17) is 9.97 Å². The molecule has 0 aliphatic carbocycles. The van der Waals surface area contributed by atoms with Gasteiger partial charge in [-0.25, -0.2) is 9.97 Å². The van der Waals surface area contributed by atoms with Crippen molar-refractivity contribution in [2.75, 3.05) is 10.8 Å². The van der Waals surface area contributed by atoms with E-state index in [1.807, 2.05) is 18.2 Å². The molecule has 1 aliphatic rings. The molecule has 3 heterocycles. The van der Waals surface area contributed by atoms with Gasteiger partial charge in [0.05, 0.1) is 17.0 Å². The van der Waals surface area contributed by atoms with Crippen molar-refractivity contribution in [3.63, 3.8) is 0 Å². The summed E-state index contributed by atoms with van der Waals surface area (Å²) in [7, 11) is 0. The largest absolute Gasteiger partial charge is 0.343 e. The van der Waals surface area contributed by atoms with Crippen molar-refractivity contribution in [2.45, 2.75) is 25.7 Å². The number of fused-ring (bicyclic) bond motifs is 2. The molecule has 0 N–H and O–H groups in total. The second kappa shape index (κ2) is 9.22. The number of aromatic nitrogens is 3. The molecule has 0 saturated carbocycles. The Bertz CT molecular complexity index is 1650. The summed E-state index contributed by atoms with van der Waals surface area (Å²) in [4.78, 5) is 26.0. The smallest absolute Gasteiger partial charge is 0.265 e. The van der Waals surface area contributed by atoms with Gasteiger partial charge in [0.15, 0.2) is 10.8 Å². The summed E-state index contributed by atoms with van der Waals surface area (Å²) < 4.78 is 2.79. The van der Waals surface area contributed by atoms with Crippen LogP contribution in [0.5, 0.6) is 0 Å². The molecule has 36 heavy (non-hydrogen) atoms. The topological polar surface area (TPSA) is 51.0 Å². The van der Waals surface area contributed by atoms with Crippen molar-refractivity contribution in [3.8, 4) is 22.4 Å². The number of nitrogens with zero attached hydrogens (tertiary/aromatic N) is 4. The van der Waals surface area contributed by atoms with E-state index in [-0.39, 0.29) is 5.56 Å². The first-order valence-electron chi connectivity index (χ1n) is 11.7. The van der Waals surface area contributed by atoms with Crippen LogP contribution < -0.4 is 10.5 Å². The minimum atomic E-state index is -0.0668. The van der Waals surface area contributed by atoms with Gasteiger partial charge < -0.3 is 4.90 Å². The van der Waals surface area contributed by atoms with E-state index >= 15 is 0 Å². The summed E-state index contributed by atoms with van der Waals surface area (Å²) in [6.45, 7) is 4.57. The number of rotatable bonds is 3. The Kier molecular flexibility index (Phi) is 5.90. The van der Waals surface area contributed by atoms with Crippen molar-refractivity contribution < 1.29 is 0 Å². The molecule has 6 rings (SSSR count). The van der Waals surface area contributed by atoms with Crippen LogP contribution in [0.1, 0.15) is 11.1 Å². The second-order valence-electron chi connectivity index (χ2n) is 9.04. The average molecular weight is 556 g/mol. The van der Waals surface area contributed by atoms with Crippen molar-refractivity contribution in [1.29, 1.82) is 0 Å². The fourth-order valence-corrected chi connectivity index (χ4v) is 5.63. The van der Waals surface area contributed by atoms with Crippen LogP contribution in [-0.4, -0.2) is 20.4 Å². The summed E-state index contributed by atoms with van der Waals surface area (Å²) in [6.07, 6.45) is 0. The first kappa shape index (κ1) is 23.0. The van der Waals surface area contributed by atoms with Crippen LogP contribution in [0.15, 0.2) is 93.3 Å². The molecule has 0 bridgehead atoms. The van der Waals surface area contributed by atoms with E-state index in [9.17, 15) is 4.79 Å². The van der Waals surface area contributed by atoms with Crippen LogP contribution in [0, 0.1) is 13.8 Å². The maximum absolute atomic E-state index is 14.0. The number of pyridine rings is 1. The zero-order valence-electron chi connectivity index (χ0n) is 19.9. The van der Waals surface area contributed by atoms with Crippen molar-refractivity contribution in [2.24, 2.45) is 0 Å². The molecule has 0 fully saturated rings. The predicted molar refractivity (Wildman–Crippen MR) is 151 cm³/mol. The lowest BCUT2D eigenvalue weighted by Crippen LogP contribution is -2.37. The Morgan fingerprint density at radius 2 is 1.47 bits per heavy atom. The number of aryl methyl sites for hydroxylation is 2. The molecule has 1 aliphatic heterocycles. The van der Waals surface area contributed by atoms with E-state index in [0.717, 1.165) is 32.5 Å². The number of anilines is 1. The van der Waals surface area contributed by atoms with Gasteiger partial charge in [-0.3, -0.25) is 9.36 Å². The van der Waals surface area contributed by atoms with Gasteiger partial charge >= 0.3 is 0 Å². The number of hydrogen-bond acceptors (Lipinski definition) is 5. The Balaban J connectivity index is 1.54. The van der Waals surface area contributed by atoms with Crippen LogP contribution in [0.4, 0.5) is 5.69 Å². The molecule has 0 unspecified atom stereocenters. The van der Waals surface area contributed by atoms with E-state index in [1.54, 1.807) is 16.3 Å². The van der Waals surface area contributed by atoms with Crippen molar-refractivity contribution in [3.05, 3.63) is 105 Å². The summed E-state index contributed by atoms with van der Waals surface area (Å²) in [6, 6.07) is 26.7. The molecule has 0 saturated heterocycles. The lowest BCUT2D eigenvalue weighted by atomic mass is 9.99. The summed E-state index contributed by atoms with van der Waals surface area (Å²) in [5, 5.41) is 1.25. The van der Waals surface area contributed by atoms with Gasteiger partial charge in [0.25, 0.3) is 5.56 Å². The molecule has 5 nitrogen and oxygen atoms in total. The van der Waals surface area contributed by atoms with Gasteiger partial charge in [0.2, 0.25) is 0 Å². The maximum atomic E-state index is 14.0. The van der Waals surface area contributed by atoms with E-state index < -0.39 is 0 Å². The summed E-state index contributed by atoms with van der Waals surface area (Å²) in [5.74, 6) is 0.710. The van der Waals surface area contributed by atoms with Crippen molar-refractivity contribution in [1.82, 2.24) is 14.5 Å². The monoisotopic (exact) mass is 554 g/mol. The van der Waals surface area contributed by atoms with E-state index in [2.05, 4.69) is 95.3 Å². The number of halogens is 1. The second-order valence-corrected chi connectivity index (χ2v) is 10.9. The van der Waals surface area contributed by atoms with Crippen LogP contribution >= 0.6 is 27.7 Å². The standard InChI is InChI=1S/C29H23BrN4OS/c1-18-3-7-20(8-4-18)24-15-25(21-9-5-19(2)6-10-21)31-27-26(24)28(35)34-16-33(17-36-29(34)32-27)23-13-11-22(30)12-14-23/h3-15H,16-17H2,1-2H3. The van der Waals surface area contributed by atoms with Crippen LogP contribution in [0.25, 0.3) is 33.4 Å². The SMILES string of the molecule is Cc1ccc(-c2cc(-c3ccc(C)cc3)c3c(=O)n4c(nc3n2)SCN(c2ccc(Br)cc2)C4)cc1. The number of thioether (sulfide) groups is 1. The van der Waals surface area contributed by atoms with Crippen LogP contribution in [0.2, 0.25) is 0 Å². The van der Waals surface area contributed by atoms with E-state index in [1.165, 1.54) is 11.1 Å². The molecule has 0 radical (unpaired) electrons. The molecule has 3 aromatic carbocycles. The van der Waals surface area contributed by atoms with Gasteiger partial charge in [-0.1, -0.05) is 87.3 Å². The molecule has 7 heteroatoms. The fraction of sp³-hybridized carbons (Fsp3) is 0.138. The third-order valence-corrected chi connectivity index (χ3v) is 7.99. The van der Waals surface area contributed by atoms with Crippen LogP contribution in [0.3, 0.4) is 0 Å². The average Bonchev–Trinajstić information content (AvgIpc) is 2.89. The summed E-state index contributed by atoms with van der Waals surface area (Å²) >= 11 is 5.06. The zero-order chi connectivity index (χ0) is 24.8. The summed E-state index contributed by atoms with van der Waals surface area (Å²) in [5.41, 5.74) is 7.50. The Hall–Kier alpha value is -3.42. The molecule has 0 atom stereocenters. The highest BCUT2D eigenvalue weighted by molar-refractivity contribution is 9.10. The van der Waals surface area contributed by atoms with Gasteiger partial charge in [-0.05, 0) is 49.7 Å². The highest BCUT2D eigenvalue weighted by Gasteiger charge is 2.24. The van der Waals surface area contributed by atoms with Crippen molar-refractivity contribution >= 4 is 44.4 Å². The third-order valence-electron chi connectivity index (χ3n) is 6.46. The fourth-order valence-electron chi connectivity index (χ4n) is 4.42. The number of hydrogen-bond donors (Lipinski definition) is 0. The first-order chi connectivity index (χ1) is 17.5. The molecule has 178 valence electrons. The molecule has 2 aromatic heterocycles.